The lowest BCUT2D eigenvalue weighted by atomic mass is 9.95. The lowest BCUT2D eigenvalue weighted by Crippen LogP contribution is -2.45. The van der Waals surface area contributed by atoms with Gasteiger partial charge in [0.2, 0.25) is 5.91 Å². The number of halogens is 1. The van der Waals surface area contributed by atoms with Gasteiger partial charge in [0.05, 0.1) is 9.35 Å². The van der Waals surface area contributed by atoms with Gasteiger partial charge in [-0.15, -0.1) is 11.3 Å². The van der Waals surface area contributed by atoms with E-state index in [0.717, 1.165) is 20.5 Å². The number of carbonyl (C=O) groups is 3. The van der Waals surface area contributed by atoms with Crippen LogP contribution in [0, 0.1) is 0 Å². The normalized spacial score (nSPS) is 12.1. The maximum Gasteiger partial charge on any atom is 0.306 e. The first-order valence-corrected chi connectivity index (χ1v) is 14.2. The number of hydrogen-bond acceptors (Lipinski definition) is 7. The van der Waals surface area contributed by atoms with Gasteiger partial charge in [-0.2, -0.15) is 0 Å². The Morgan fingerprint density at radius 1 is 1.00 bits per heavy atom. The van der Waals surface area contributed by atoms with Gasteiger partial charge in [-0.05, 0) is 59.8 Å². The summed E-state index contributed by atoms with van der Waals surface area (Å²) in [7, 11) is 0. The topological polar surface area (TPSA) is 124 Å². The van der Waals surface area contributed by atoms with Crippen LogP contribution in [0.3, 0.4) is 0 Å². The molecule has 1 atom stereocenters. The Balaban J connectivity index is 0.000000510. The van der Waals surface area contributed by atoms with Crippen molar-refractivity contribution in [3.8, 4) is 11.4 Å². The molecular weight excluding hydrogens is 580 g/mol. The highest BCUT2D eigenvalue weighted by Gasteiger charge is 2.23. The minimum Gasteiger partial charge on any atom is -0.460 e. The smallest absolute Gasteiger partial charge is 0.306 e. The fraction of sp³-hybridized carbons (Fsp3) is 0.414. The summed E-state index contributed by atoms with van der Waals surface area (Å²) in [6.07, 6.45) is 4.13. The van der Waals surface area contributed by atoms with E-state index >= 15 is 0 Å². The molecule has 0 aliphatic rings. The van der Waals surface area contributed by atoms with Crippen molar-refractivity contribution in [2.45, 2.75) is 78.4 Å². The maximum absolute atomic E-state index is 12.6. The van der Waals surface area contributed by atoms with Crippen molar-refractivity contribution in [2.75, 3.05) is 0 Å². The van der Waals surface area contributed by atoms with Crippen molar-refractivity contribution in [3.63, 3.8) is 0 Å². The van der Waals surface area contributed by atoms with Gasteiger partial charge in [0.1, 0.15) is 11.6 Å². The Morgan fingerprint density at radius 3 is 2.03 bits per heavy atom. The fourth-order valence-corrected chi connectivity index (χ4v) is 4.39. The van der Waals surface area contributed by atoms with Crippen LogP contribution < -0.4 is 11.1 Å². The third-order valence-electron chi connectivity index (χ3n) is 5.20. The van der Waals surface area contributed by atoms with Crippen molar-refractivity contribution in [1.29, 1.82) is 0 Å². The van der Waals surface area contributed by atoms with Gasteiger partial charge in [0.25, 0.3) is 5.91 Å². The number of hydrogen-bond donors (Lipinski definition) is 2. The molecule has 39 heavy (non-hydrogen) atoms. The first-order valence-electron chi connectivity index (χ1n) is 12.6. The Morgan fingerprint density at radius 2 is 1.59 bits per heavy atom. The number of ether oxygens (including phenoxy) is 1. The van der Waals surface area contributed by atoms with Crippen LogP contribution in [0.25, 0.3) is 11.4 Å². The van der Waals surface area contributed by atoms with E-state index in [0.29, 0.717) is 23.5 Å². The van der Waals surface area contributed by atoms with Gasteiger partial charge >= 0.3 is 5.97 Å². The number of carbonyl (C=O) groups excluding carboxylic acids is 3. The van der Waals surface area contributed by atoms with Crippen LogP contribution in [0.1, 0.15) is 75.0 Å². The molecule has 0 unspecified atom stereocenters. The van der Waals surface area contributed by atoms with E-state index < -0.39 is 11.9 Å². The summed E-state index contributed by atoms with van der Waals surface area (Å²) < 4.78 is 5.76. The Bertz CT molecular complexity index is 1260. The molecule has 2 aromatic heterocycles. The second-order valence-electron chi connectivity index (χ2n) is 10.9. The molecule has 0 aliphatic heterocycles. The minimum atomic E-state index is -0.799. The Hall–Kier alpha value is -3.11. The number of nitrogens with one attached hydrogen (secondary N) is 1. The van der Waals surface area contributed by atoms with Crippen LogP contribution in [0.4, 0.5) is 0 Å². The van der Waals surface area contributed by atoms with Gasteiger partial charge in [0, 0.05) is 35.7 Å². The molecule has 2 heterocycles. The lowest BCUT2D eigenvalue weighted by molar-refractivity contribution is -0.154. The summed E-state index contributed by atoms with van der Waals surface area (Å²) in [6, 6.07) is 10.5. The number of thiophene rings is 1. The SMILES string of the molecule is CC(C)(C)c1ccc(C(=O)N[C@@H](Cc2ccc(-c3ncc(Br)cn3)cc2)C(N)=O)s1.CCC(=O)OC(C)(C)C. The van der Waals surface area contributed by atoms with E-state index in [1.165, 1.54) is 11.3 Å². The standard InChI is InChI=1S/C22H23BrN4O2S.C7H14O2/c1-22(2,3)18-9-8-17(30-18)21(29)27-16(19(24)28)10-13-4-6-14(7-5-13)20-25-11-15(23)12-26-20;1-5-6(8)9-7(2,3)4/h4-9,11-12,16H,10H2,1-3H3,(H2,24,28)(H,27,29);5H2,1-4H3/t16-;/m0./s1. The van der Waals surface area contributed by atoms with E-state index in [9.17, 15) is 14.4 Å². The first kappa shape index (κ1) is 32.1. The van der Waals surface area contributed by atoms with Crippen molar-refractivity contribution < 1.29 is 19.1 Å². The average molecular weight is 618 g/mol. The van der Waals surface area contributed by atoms with E-state index in [2.05, 4.69) is 52.0 Å². The molecule has 0 saturated carbocycles. The zero-order valence-electron chi connectivity index (χ0n) is 23.5. The molecule has 3 aromatic rings. The van der Waals surface area contributed by atoms with Crippen LogP contribution in [0.2, 0.25) is 0 Å². The van der Waals surface area contributed by atoms with E-state index in [1.807, 2.05) is 51.1 Å². The number of aromatic nitrogens is 2. The highest BCUT2D eigenvalue weighted by Crippen LogP contribution is 2.29. The highest BCUT2D eigenvalue weighted by molar-refractivity contribution is 9.10. The van der Waals surface area contributed by atoms with Gasteiger partial charge < -0.3 is 15.8 Å². The molecule has 3 N–H and O–H groups in total. The quantitative estimate of drug-likeness (QED) is 0.322. The lowest BCUT2D eigenvalue weighted by Gasteiger charge is -2.18. The number of primary amides is 1. The molecule has 0 aliphatic carbocycles. The maximum atomic E-state index is 12.6. The third-order valence-corrected chi connectivity index (χ3v) is 7.12. The first-order chi connectivity index (χ1) is 18.1. The van der Waals surface area contributed by atoms with E-state index in [4.69, 9.17) is 10.5 Å². The predicted molar refractivity (Wildman–Crippen MR) is 158 cm³/mol. The summed E-state index contributed by atoms with van der Waals surface area (Å²) in [5.74, 6) is -0.394. The van der Waals surface area contributed by atoms with E-state index in [-0.39, 0.29) is 22.9 Å². The minimum absolute atomic E-state index is 0.0351. The molecule has 0 spiro atoms. The average Bonchev–Trinajstić information content (AvgIpc) is 3.35. The monoisotopic (exact) mass is 616 g/mol. The van der Waals surface area contributed by atoms with Crippen molar-refractivity contribution in [3.05, 3.63) is 68.6 Å². The molecule has 0 bridgehead atoms. The number of benzene rings is 1. The van der Waals surface area contributed by atoms with Gasteiger partial charge in [0.15, 0.2) is 5.82 Å². The number of nitrogens with zero attached hydrogens (tertiary/aromatic N) is 2. The molecule has 10 heteroatoms. The summed E-state index contributed by atoms with van der Waals surface area (Å²) in [5, 5.41) is 2.77. The zero-order chi connectivity index (χ0) is 29.4. The highest BCUT2D eigenvalue weighted by atomic mass is 79.9. The molecule has 0 fully saturated rings. The number of esters is 1. The predicted octanol–water partition coefficient (Wildman–Crippen LogP) is 5.83. The third kappa shape index (κ3) is 10.9. The van der Waals surface area contributed by atoms with Crippen molar-refractivity contribution >= 4 is 45.1 Å². The molecule has 210 valence electrons. The van der Waals surface area contributed by atoms with Crippen LogP contribution in [0.15, 0.2) is 53.3 Å². The van der Waals surface area contributed by atoms with Crippen LogP contribution in [-0.4, -0.2) is 39.4 Å². The Kier molecular flexibility index (Phi) is 11.4. The second-order valence-corrected chi connectivity index (χ2v) is 12.9. The molecule has 2 amide bonds. The van der Waals surface area contributed by atoms with Crippen molar-refractivity contribution in [1.82, 2.24) is 15.3 Å². The summed E-state index contributed by atoms with van der Waals surface area (Å²) in [6.45, 7) is 13.6. The van der Waals surface area contributed by atoms with Crippen molar-refractivity contribution in [2.24, 2.45) is 5.73 Å². The summed E-state index contributed by atoms with van der Waals surface area (Å²) in [4.78, 5) is 45.4. The molecule has 8 nitrogen and oxygen atoms in total. The largest absolute Gasteiger partial charge is 0.460 e. The summed E-state index contributed by atoms with van der Waals surface area (Å²) in [5.41, 5.74) is 6.92. The number of rotatable bonds is 7. The molecular formula is C29H37BrN4O4S. The summed E-state index contributed by atoms with van der Waals surface area (Å²) >= 11 is 4.74. The zero-order valence-corrected chi connectivity index (χ0v) is 25.9. The molecule has 3 rings (SSSR count). The molecule has 0 saturated heterocycles. The van der Waals surface area contributed by atoms with Gasteiger partial charge in [-0.3, -0.25) is 14.4 Å². The molecule has 0 radical (unpaired) electrons. The van der Waals surface area contributed by atoms with Gasteiger partial charge in [-0.25, -0.2) is 9.97 Å². The number of amides is 2. The van der Waals surface area contributed by atoms with E-state index in [1.54, 1.807) is 25.4 Å². The fourth-order valence-electron chi connectivity index (χ4n) is 3.22. The van der Waals surface area contributed by atoms with Crippen LogP contribution >= 0.6 is 27.3 Å². The number of nitrogens with two attached hydrogens (primary N) is 1. The van der Waals surface area contributed by atoms with Crippen LogP contribution in [-0.2, 0) is 26.2 Å². The molecule has 1 aromatic carbocycles. The Labute approximate surface area is 242 Å². The van der Waals surface area contributed by atoms with Crippen LogP contribution in [0.5, 0.6) is 0 Å². The second kappa shape index (κ2) is 13.8. The van der Waals surface area contributed by atoms with Gasteiger partial charge in [-0.1, -0.05) is 52.0 Å².